The molecule has 1 amide bonds. The van der Waals surface area contributed by atoms with Crippen LogP contribution < -0.4 is 4.90 Å². The lowest BCUT2D eigenvalue weighted by Gasteiger charge is -2.09. The molecule has 6 heteroatoms. The molecule has 0 N–H and O–H groups in total. The Morgan fingerprint density at radius 2 is 1.79 bits per heavy atom. The first-order valence-corrected chi connectivity index (χ1v) is 8.44. The average Bonchev–Trinajstić information content (AvgIpc) is 3.10. The van der Waals surface area contributed by atoms with Crippen molar-refractivity contribution in [1.82, 2.24) is 10.2 Å². The molecule has 0 fully saturated rings. The molecule has 0 radical (unpaired) electrons. The summed E-state index contributed by atoms with van der Waals surface area (Å²) < 4.78 is 0. The van der Waals surface area contributed by atoms with E-state index in [-0.39, 0.29) is 5.91 Å². The maximum atomic E-state index is 12.3. The first-order chi connectivity index (χ1) is 11.6. The highest BCUT2D eigenvalue weighted by Gasteiger charge is 2.15. The minimum Gasteiger partial charge on any atom is -0.286 e. The van der Waals surface area contributed by atoms with Crippen molar-refractivity contribution in [2.45, 2.75) is 0 Å². The molecule has 120 valence electrons. The van der Waals surface area contributed by atoms with Gasteiger partial charge in [-0.05, 0) is 17.7 Å². The van der Waals surface area contributed by atoms with Crippen molar-refractivity contribution in [3.05, 3.63) is 71.3 Å². The number of rotatable bonds is 4. The molecular weight excluding hydrogens is 342 g/mol. The molecule has 0 spiro atoms. The van der Waals surface area contributed by atoms with Crippen molar-refractivity contribution in [2.75, 3.05) is 11.9 Å². The van der Waals surface area contributed by atoms with Crippen molar-refractivity contribution in [2.24, 2.45) is 0 Å². The number of amides is 1. The van der Waals surface area contributed by atoms with Crippen LogP contribution in [-0.2, 0) is 4.79 Å². The van der Waals surface area contributed by atoms with Crippen molar-refractivity contribution in [3.8, 4) is 10.6 Å². The SMILES string of the molecule is CN(C(=O)C=Cc1ccccc1)c1nnc(-c2ccccc2Cl)s1. The van der Waals surface area contributed by atoms with E-state index in [1.807, 2.05) is 48.5 Å². The highest BCUT2D eigenvalue weighted by atomic mass is 35.5. The fourth-order valence-corrected chi connectivity index (χ4v) is 3.16. The van der Waals surface area contributed by atoms with E-state index >= 15 is 0 Å². The van der Waals surface area contributed by atoms with Crippen LogP contribution in [0.1, 0.15) is 5.56 Å². The van der Waals surface area contributed by atoms with Gasteiger partial charge in [0.25, 0.3) is 5.91 Å². The van der Waals surface area contributed by atoms with Gasteiger partial charge in [-0.2, -0.15) is 0 Å². The van der Waals surface area contributed by atoms with Gasteiger partial charge in [0.2, 0.25) is 5.13 Å². The molecule has 1 aromatic heterocycles. The first kappa shape index (κ1) is 16.4. The van der Waals surface area contributed by atoms with Gasteiger partial charge in [-0.15, -0.1) is 10.2 Å². The smallest absolute Gasteiger partial charge is 0.252 e. The number of carbonyl (C=O) groups excluding carboxylic acids is 1. The topological polar surface area (TPSA) is 46.1 Å². The lowest BCUT2D eigenvalue weighted by molar-refractivity contribution is -0.113. The molecule has 0 unspecified atom stereocenters. The standard InChI is InChI=1S/C18H14ClN3OS/c1-22(16(23)12-11-13-7-3-2-4-8-13)18-21-20-17(24-18)14-9-5-6-10-15(14)19/h2-12H,1H3. The zero-order chi connectivity index (χ0) is 16.9. The lowest BCUT2D eigenvalue weighted by Crippen LogP contribution is -2.23. The van der Waals surface area contributed by atoms with E-state index in [0.29, 0.717) is 15.2 Å². The van der Waals surface area contributed by atoms with Gasteiger partial charge in [-0.25, -0.2) is 0 Å². The van der Waals surface area contributed by atoms with Crippen LogP contribution in [-0.4, -0.2) is 23.2 Å². The summed E-state index contributed by atoms with van der Waals surface area (Å²) >= 11 is 7.50. The van der Waals surface area contributed by atoms with Gasteiger partial charge in [-0.3, -0.25) is 9.69 Å². The Morgan fingerprint density at radius 1 is 1.08 bits per heavy atom. The van der Waals surface area contributed by atoms with E-state index in [9.17, 15) is 4.79 Å². The van der Waals surface area contributed by atoms with Crippen molar-refractivity contribution in [1.29, 1.82) is 0 Å². The van der Waals surface area contributed by atoms with E-state index in [0.717, 1.165) is 11.1 Å². The van der Waals surface area contributed by atoms with Crippen LogP contribution in [0.15, 0.2) is 60.7 Å². The van der Waals surface area contributed by atoms with E-state index in [4.69, 9.17) is 11.6 Å². The van der Waals surface area contributed by atoms with Gasteiger partial charge in [0, 0.05) is 18.7 Å². The molecule has 0 aliphatic rings. The molecule has 0 saturated carbocycles. The fourth-order valence-electron chi connectivity index (χ4n) is 2.03. The number of nitrogens with zero attached hydrogens (tertiary/aromatic N) is 3. The number of halogens is 1. The van der Waals surface area contributed by atoms with Crippen LogP contribution in [0.25, 0.3) is 16.6 Å². The van der Waals surface area contributed by atoms with Crippen LogP contribution in [0.2, 0.25) is 5.02 Å². The summed E-state index contributed by atoms with van der Waals surface area (Å²) in [6.45, 7) is 0. The van der Waals surface area contributed by atoms with E-state index in [1.165, 1.54) is 22.3 Å². The van der Waals surface area contributed by atoms with E-state index in [1.54, 1.807) is 19.2 Å². The molecule has 3 aromatic rings. The van der Waals surface area contributed by atoms with Gasteiger partial charge in [0.1, 0.15) is 0 Å². The maximum Gasteiger partial charge on any atom is 0.252 e. The van der Waals surface area contributed by atoms with Gasteiger partial charge in [0.15, 0.2) is 5.01 Å². The first-order valence-electron chi connectivity index (χ1n) is 7.24. The Kier molecular flexibility index (Phi) is 5.03. The molecule has 1 heterocycles. The molecule has 4 nitrogen and oxygen atoms in total. The Labute approximate surface area is 149 Å². The number of anilines is 1. The van der Waals surface area contributed by atoms with E-state index < -0.39 is 0 Å². The molecular formula is C18H14ClN3OS. The summed E-state index contributed by atoms with van der Waals surface area (Å²) in [6, 6.07) is 17.1. The molecule has 2 aromatic carbocycles. The van der Waals surface area contributed by atoms with Crippen molar-refractivity contribution < 1.29 is 4.79 Å². The number of hydrogen-bond donors (Lipinski definition) is 0. The minimum atomic E-state index is -0.166. The molecule has 0 atom stereocenters. The lowest BCUT2D eigenvalue weighted by atomic mass is 10.2. The maximum absolute atomic E-state index is 12.3. The molecule has 0 aliphatic carbocycles. The predicted octanol–water partition coefficient (Wildman–Crippen LogP) is 4.53. The highest BCUT2D eigenvalue weighted by molar-refractivity contribution is 7.18. The molecule has 0 aliphatic heterocycles. The summed E-state index contributed by atoms with van der Waals surface area (Å²) in [5.74, 6) is -0.166. The number of hydrogen-bond acceptors (Lipinski definition) is 4. The van der Waals surface area contributed by atoms with Crippen LogP contribution in [0.4, 0.5) is 5.13 Å². The molecule has 0 bridgehead atoms. The summed E-state index contributed by atoms with van der Waals surface area (Å²) in [4.78, 5) is 13.8. The Balaban J connectivity index is 1.76. The Bertz CT molecular complexity index is 877. The van der Waals surface area contributed by atoms with Gasteiger partial charge >= 0.3 is 0 Å². The molecule has 3 rings (SSSR count). The fraction of sp³-hybridized carbons (Fsp3) is 0.0556. The Hall–Kier alpha value is -2.50. The average molecular weight is 356 g/mol. The van der Waals surface area contributed by atoms with Gasteiger partial charge in [-0.1, -0.05) is 71.5 Å². The van der Waals surface area contributed by atoms with Crippen LogP contribution in [0.5, 0.6) is 0 Å². The normalized spacial score (nSPS) is 10.9. The second-order valence-corrected chi connectivity index (χ2v) is 6.37. The van der Waals surface area contributed by atoms with Crippen LogP contribution >= 0.6 is 22.9 Å². The summed E-state index contributed by atoms with van der Waals surface area (Å²) in [5, 5.41) is 10.0. The van der Waals surface area contributed by atoms with Crippen molar-refractivity contribution in [3.63, 3.8) is 0 Å². The third kappa shape index (κ3) is 3.69. The molecule has 24 heavy (non-hydrogen) atoms. The predicted molar refractivity (Wildman–Crippen MR) is 99.2 cm³/mol. The monoisotopic (exact) mass is 355 g/mol. The summed E-state index contributed by atoms with van der Waals surface area (Å²) in [6.07, 6.45) is 3.29. The third-order valence-electron chi connectivity index (χ3n) is 3.35. The highest BCUT2D eigenvalue weighted by Crippen LogP contribution is 2.32. The largest absolute Gasteiger partial charge is 0.286 e. The molecule has 0 saturated heterocycles. The second-order valence-electron chi connectivity index (χ2n) is 5.01. The zero-order valence-electron chi connectivity index (χ0n) is 12.9. The number of benzene rings is 2. The summed E-state index contributed by atoms with van der Waals surface area (Å²) in [5.41, 5.74) is 1.77. The van der Waals surface area contributed by atoms with E-state index in [2.05, 4.69) is 10.2 Å². The van der Waals surface area contributed by atoms with Crippen molar-refractivity contribution >= 4 is 40.1 Å². The number of aromatic nitrogens is 2. The third-order valence-corrected chi connectivity index (χ3v) is 4.72. The minimum absolute atomic E-state index is 0.166. The van der Waals surface area contributed by atoms with Gasteiger partial charge in [0.05, 0.1) is 5.02 Å². The van der Waals surface area contributed by atoms with Gasteiger partial charge < -0.3 is 0 Å². The number of likely N-dealkylation sites (N-methyl/N-ethyl adjacent to an activating group) is 1. The van der Waals surface area contributed by atoms with Crippen LogP contribution in [0, 0.1) is 0 Å². The Morgan fingerprint density at radius 3 is 2.54 bits per heavy atom. The zero-order valence-corrected chi connectivity index (χ0v) is 14.5. The van der Waals surface area contributed by atoms with Crippen LogP contribution in [0.3, 0.4) is 0 Å². The second kappa shape index (κ2) is 7.38. The number of carbonyl (C=O) groups is 1. The quantitative estimate of drug-likeness (QED) is 0.646. The summed E-state index contributed by atoms with van der Waals surface area (Å²) in [7, 11) is 1.68.